The number of rotatable bonds is 2. The molecule has 0 fully saturated rings. The molecule has 2 heteroatoms. The average Bonchev–Trinajstić information content (AvgIpc) is 2.44. The van der Waals surface area contributed by atoms with E-state index < -0.39 is 0 Å². The molecule has 0 aromatic carbocycles. The van der Waals surface area contributed by atoms with Crippen LogP contribution in [0.2, 0.25) is 0 Å². The maximum absolute atomic E-state index is 8.91. The predicted octanol–water partition coefficient (Wildman–Crippen LogP) is 1.78. The molecule has 0 amide bonds. The molecule has 2 aromatic heterocycles. The van der Waals surface area contributed by atoms with Gasteiger partial charge in [0.15, 0.2) is 0 Å². The number of aliphatic hydroxyl groups excluding tert-OH is 1. The molecule has 0 aliphatic heterocycles. The van der Waals surface area contributed by atoms with Crippen molar-refractivity contribution >= 4 is 5.52 Å². The molecule has 2 nitrogen and oxygen atoms in total. The van der Waals surface area contributed by atoms with Gasteiger partial charge in [0.1, 0.15) is 0 Å². The number of aromatic nitrogens is 1. The number of fused-ring (bicyclic) bond motifs is 1. The second-order valence-corrected chi connectivity index (χ2v) is 3.26. The molecule has 0 saturated carbocycles. The molecular weight excluding hydrogens is 162 g/mol. The van der Waals surface area contributed by atoms with E-state index in [1.165, 1.54) is 16.6 Å². The summed E-state index contributed by atoms with van der Waals surface area (Å²) in [5.74, 6) is 0. The van der Waals surface area contributed by atoms with E-state index in [2.05, 4.69) is 23.6 Å². The summed E-state index contributed by atoms with van der Waals surface area (Å²) < 4.78 is 2.10. The number of hydrogen-bond acceptors (Lipinski definition) is 1. The first-order valence-corrected chi connectivity index (χ1v) is 4.49. The lowest BCUT2D eigenvalue weighted by atomic mass is 10.1. The van der Waals surface area contributed by atoms with E-state index in [1.54, 1.807) is 0 Å². The van der Waals surface area contributed by atoms with Gasteiger partial charge in [0.2, 0.25) is 0 Å². The van der Waals surface area contributed by atoms with Crippen LogP contribution >= 0.6 is 0 Å². The van der Waals surface area contributed by atoms with Crippen LogP contribution in [0.5, 0.6) is 0 Å². The summed E-state index contributed by atoms with van der Waals surface area (Å²) in [5, 5.41) is 8.91. The molecule has 0 aliphatic carbocycles. The van der Waals surface area contributed by atoms with Crippen molar-refractivity contribution in [2.24, 2.45) is 0 Å². The van der Waals surface area contributed by atoms with Gasteiger partial charge < -0.3 is 9.51 Å². The second-order valence-electron chi connectivity index (χ2n) is 3.26. The highest BCUT2D eigenvalue weighted by Crippen LogP contribution is 2.17. The van der Waals surface area contributed by atoms with Crippen molar-refractivity contribution in [1.29, 1.82) is 0 Å². The maximum Gasteiger partial charge on any atom is 0.0485 e. The van der Waals surface area contributed by atoms with Crippen molar-refractivity contribution in [3.8, 4) is 0 Å². The third-order valence-corrected chi connectivity index (χ3v) is 2.37. The Hall–Kier alpha value is -1.28. The van der Waals surface area contributed by atoms with Crippen LogP contribution in [-0.2, 0) is 6.42 Å². The average molecular weight is 175 g/mol. The monoisotopic (exact) mass is 175 g/mol. The van der Waals surface area contributed by atoms with Crippen molar-refractivity contribution in [3.63, 3.8) is 0 Å². The summed E-state index contributed by atoms with van der Waals surface area (Å²) in [5.41, 5.74) is 3.71. The van der Waals surface area contributed by atoms with Crippen LogP contribution in [0.4, 0.5) is 0 Å². The van der Waals surface area contributed by atoms with Crippen LogP contribution < -0.4 is 0 Å². The highest BCUT2D eigenvalue weighted by atomic mass is 16.2. The quantitative estimate of drug-likeness (QED) is 0.739. The molecule has 0 aliphatic rings. The molecule has 68 valence electrons. The van der Waals surface area contributed by atoms with Gasteiger partial charge >= 0.3 is 0 Å². The summed E-state index contributed by atoms with van der Waals surface area (Å²) in [7, 11) is 0. The van der Waals surface area contributed by atoms with Crippen LogP contribution in [0, 0.1) is 6.92 Å². The van der Waals surface area contributed by atoms with Crippen molar-refractivity contribution in [1.82, 2.24) is 4.40 Å². The summed E-state index contributed by atoms with van der Waals surface area (Å²) in [6.45, 7) is 2.30. The van der Waals surface area contributed by atoms with E-state index in [9.17, 15) is 0 Å². The summed E-state index contributed by atoms with van der Waals surface area (Å²) in [4.78, 5) is 0. The van der Waals surface area contributed by atoms with E-state index in [0.717, 1.165) is 6.42 Å². The van der Waals surface area contributed by atoms with Gasteiger partial charge in [-0.3, -0.25) is 0 Å². The first-order valence-electron chi connectivity index (χ1n) is 4.49. The van der Waals surface area contributed by atoms with E-state index in [0.29, 0.717) is 0 Å². The van der Waals surface area contributed by atoms with Gasteiger partial charge in [-0.2, -0.15) is 0 Å². The van der Waals surface area contributed by atoms with E-state index in [4.69, 9.17) is 5.11 Å². The Kier molecular flexibility index (Phi) is 2.07. The van der Waals surface area contributed by atoms with Crippen LogP contribution in [0.25, 0.3) is 5.52 Å². The molecular formula is C11H13NO. The normalized spacial score (nSPS) is 10.9. The minimum absolute atomic E-state index is 0.218. The van der Waals surface area contributed by atoms with Gasteiger partial charge in [0, 0.05) is 24.5 Å². The van der Waals surface area contributed by atoms with Crippen LogP contribution in [-0.4, -0.2) is 16.1 Å². The molecule has 0 atom stereocenters. The van der Waals surface area contributed by atoms with Gasteiger partial charge in [-0.15, -0.1) is 0 Å². The zero-order valence-electron chi connectivity index (χ0n) is 7.70. The number of hydrogen-bond donors (Lipinski definition) is 1. The van der Waals surface area contributed by atoms with Crippen molar-refractivity contribution < 1.29 is 5.11 Å². The Labute approximate surface area is 77.4 Å². The first-order chi connectivity index (χ1) is 6.33. The number of aryl methyl sites for hydroxylation is 1. The van der Waals surface area contributed by atoms with Crippen LogP contribution in [0.3, 0.4) is 0 Å². The molecule has 2 heterocycles. The van der Waals surface area contributed by atoms with E-state index in [1.807, 2.05) is 18.3 Å². The van der Waals surface area contributed by atoms with Gasteiger partial charge in [0.05, 0.1) is 0 Å². The summed E-state index contributed by atoms with van der Waals surface area (Å²) in [6.07, 6.45) is 4.87. The third kappa shape index (κ3) is 1.33. The Bertz CT molecular complexity index is 417. The fraction of sp³-hybridized carbons (Fsp3) is 0.273. The summed E-state index contributed by atoms with van der Waals surface area (Å²) in [6, 6.07) is 6.11. The van der Waals surface area contributed by atoms with Gasteiger partial charge in [-0.1, -0.05) is 6.07 Å². The van der Waals surface area contributed by atoms with Crippen molar-refractivity contribution in [2.45, 2.75) is 13.3 Å². The van der Waals surface area contributed by atoms with Gasteiger partial charge in [-0.25, -0.2) is 0 Å². The number of aliphatic hydroxyl groups is 1. The number of nitrogens with zero attached hydrogens (tertiary/aromatic N) is 1. The zero-order valence-corrected chi connectivity index (χ0v) is 7.70. The Balaban J connectivity index is 2.64. The summed E-state index contributed by atoms with van der Waals surface area (Å²) >= 11 is 0. The Morgan fingerprint density at radius 1 is 1.38 bits per heavy atom. The molecule has 0 radical (unpaired) electrons. The lowest BCUT2D eigenvalue weighted by Crippen LogP contribution is -1.91. The lowest BCUT2D eigenvalue weighted by Gasteiger charge is -1.97. The smallest absolute Gasteiger partial charge is 0.0485 e. The second kappa shape index (κ2) is 3.23. The highest BCUT2D eigenvalue weighted by Gasteiger charge is 2.04. The van der Waals surface area contributed by atoms with Crippen molar-refractivity contribution in [3.05, 3.63) is 41.7 Å². The predicted molar refractivity (Wildman–Crippen MR) is 52.9 cm³/mol. The molecule has 13 heavy (non-hydrogen) atoms. The van der Waals surface area contributed by atoms with Crippen LogP contribution in [0.1, 0.15) is 11.1 Å². The van der Waals surface area contributed by atoms with Gasteiger partial charge in [0.25, 0.3) is 0 Å². The largest absolute Gasteiger partial charge is 0.396 e. The Morgan fingerprint density at radius 3 is 3.00 bits per heavy atom. The van der Waals surface area contributed by atoms with Crippen molar-refractivity contribution in [2.75, 3.05) is 6.61 Å². The fourth-order valence-electron chi connectivity index (χ4n) is 1.75. The minimum atomic E-state index is 0.218. The molecule has 2 aromatic rings. The standard InChI is InChI=1S/C11H13NO/c1-9-8-12-6-3-2-4-11(12)10(9)5-7-13/h2-4,6,8,13H,5,7H2,1H3. The number of pyridine rings is 1. The SMILES string of the molecule is Cc1cn2ccccc2c1CCO. The molecule has 0 unspecified atom stereocenters. The molecule has 1 N–H and O–H groups in total. The molecule has 0 spiro atoms. The topological polar surface area (TPSA) is 24.6 Å². The van der Waals surface area contributed by atoms with Gasteiger partial charge in [-0.05, 0) is 36.6 Å². The third-order valence-electron chi connectivity index (χ3n) is 2.37. The van der Waals surface area contributed by atoms with E-state index in [-0.39, 0.29) is 6.61 Å². The minimum Gasteiger partial charge on any atom is -0.396 e. The van der Waals surface area contributed by atoms with E-state index >= 15 is 0 Å². The highest BCUT2D eigenvalue weighted by molar-refractivity contribution is 5.59. The molecule has 2 rings (SSSR count). The zero-order chi connectivity index (χ0) is 9.26. The lowest BCUT2D eigenvalue weighted by molar-refractivity contribution is 0.300. The fourth-order valence-corrected chi connectivity index (χ4v) is 1.75. The first kappa shape index (κ1) is 8.32. The Morgan fingerprint density at radius 2 is 2.23 bits per heavy atom. The van der Waals surface area contributed by atoms with Crippen LogP contribution in [0.15, 0.2) is 30.6 Å². The molecule has 0 saturated heterocycles. The molecule has 0 bridgehead atoms. The maximum atomic E-state index is 8.91.